The fourth-order valence-electron chi connectivity index (χ4n) is 5.95. The molecule has 0 radical (unpaired) electrons. The lowest BCUT2D eigenvalue weighted by molar-refractivity contribution is -0.120. The van der Waals surface area contributed by atoms with Gasteiger partial charge in [0.25, 0.3) is 5.95 Å². The second-order valence-corrected chi connectivity index (χ2v) is 9.35. The molecular formula is C25H34O4. The van der Waals surface area contributed by atoms with Crippen LogP contribution in [0.25, 0.3) is 0 Å². The van der Waals surface area contributed by atoms with Crippen LogP contribution in [0.5, 0.6) is 5.95 Å². The Balaban J connectivity index is 2.08. The molecule has 158 valence electrons. The Hall–Kier alpha value is -2.10. The van der Waals surface area contributed by atoms with Crippen LogP contribution in [0.4, 0.5) is 0 Å². The zero-order valence-corrected chi connectivity index (χ0v) is 19.2. The molecule has 0 aliphatic heterocycles. The van der Waals surface area contributed by atoms with Gasteiger partial charge in [-0.3, -0.25) is 9.59 Å². The van der Waals surface area contributed by atoms with Crippen LogP contribution in [0.1, 0.15) is 64.9 Å². The van der Waals surface area contributed by atoms with E-state index >= 15 is 0 Å². The highest BCUT2D eigenvalue weighted by atomic mass is 16.6. The molecule has 0 N–H and O–H groups in total. The molecule has 2 aliphatic carbocycles. The largest absolute Gasteiger partial charge is 0.468 e. The summed E-state index contributed by atoms with van der Waals surface area (Å²) in [5.41, 5.74) is 3.36. The third kappa shape index (κ3) is 2.86. The zero-order valence-electron chi connectivity index (χ0n) is 19.2. The quantitative estimate of drug-likeness (QED) is 0.611. The van der Waals surface area contributed by atoms with E-state index in [0.717, 1.165) is 5.76 Å². The summed E-state index contributed by atoms with van der Waals surface area (Å²) in [5, 5.41) is 0. The zero-order chi connectivity index (χ0) is 21.9. The number of carbonyl (C=O) groups is 1. The molecule has 1 aromatic rings. The van der Waals surface area contributed by atoms with Gasteiger partial charge < -0.3 is 9.15 Å². The molecule has 0 unspecified atom stereocenters. The average Bonchev–Trinajstić information content (AvgIpc) is 2.98. The van der Waals surface area contributed by atoms with Gasteiger partial charge in [-0.25, -0.2) is 0 Å². The first-order valence-corrected chi connectivity index (χ1v) is 10.5. The second-order valence-electron chi connectivity index (χ2n) is 9.35. The minimum atomic E-state index is -0.283. The molecule has 0 amide bonds. The van der Waals surface area contributed by atoms with Crippen LogP contribution in [0.2, 0.25) is 0 Å². The summed E-state index contributed by atoms with van der Waals surface area (Å²) < 4.78 is 11.5. The second kappa shape index (κ2) is 7.00. The van der Waals surface area contributed by atoms with Crippen molar-refractivity contribution >= 4 is 5.78 Å². The first-order valence-electron chi connectivity index (χ1n) is 10.5. The molecule has 2 aliphatic rings. The van der Waals surface area contributed by atoms with E-state index in [2.05, 4.69) is 39.8 Å². The summed E-state index contributed by atoms with van der Waals surface area (Å²) in [4.78, 5) is 24.9. The molecule has 1 aromatic heterocycles. The number of ketones is 1. The van der Waals surface area contributed by atoms with Crippen LogP contribution in [-0.2, 0) is 10.2 Å². The molecule has 29 heavy (non-hydrogen) atoms. The van der Waals surface area contributed by atoms with Crippen molar-refractivity contribution in [2.45, 2.75) is 67.2 Å². The lowest BCUT2D eigenvalue weighted by Crippen LogP contribution is -2.23. The van der Waals surface area contributed by atoms with Crippen molar-refractivity contribution in [3.63, 3.8) is 0 Å². The highest BCUT2D eigenvalue weighted by Crippen LogP contribution is 2.78. The summed E-state index contributed by atoms with van der Waals surface area (Å²) in [6.07, 6.45) is 5.02. The number of Topliss-reactive ketones (excluding diaryl/α,β-unsaturated/α-hetero) is 1. The molecule has 0 spiro atoms. The topological polar surface area (TPSA) is 56.5 Å². The molecule has 1 saturated carbocycles. The van der Waals surface area contributed by atoms with Crippen molar-refractivity contribution < 1.29 is 13.9 Å². The van der Waals surface area contributed by atoms with E-state index in [9.17, 15) is 9.59 Å². The maximum atomic E-state index is 12.8. The predicted molar refractivity (Wildman–Crippen MR) is 115 cm³/mol. The number of methoxy groups -OCH3 is 1. The normalized spacial score (nSPS) is 31.9. The third-order valence-electron chi connectivity index (χ3n) is 7.69. The van der Waals surface area contributed by atoms with Gasteiger partial charge in [-0.05, 0) is 33.6 Å². The molecule has 4 nitrogen and oxygen atoms in total. The van der Waals surface area contributed by atoms with E-state index in [1.54, 1.807) is 6.92 Å². The molecule has 5 atom stereocenters. The van der Waals surface area contributed by atoms with Crippen molar-refractivity contribution in [2.24, 2.45) is 23.2 Å². The monoisotopic (exact) mass is 398 g/mol. The van der Waals surface area contributed by atoms with Crippen LogP contribution in [0.3, 0.4) is 0 Å². The first-order chi connectivity index (χ1) is 13.4. The van der Waals surface area contributed by atoms with Crippen LogP contribution in [0, 0.1) is 37.0 Å². The maximum Gasteiger partial charge on any atom is 0.291 e. The summed E-state index contributed by atoms with van der Waals surface area (Å²) in [6.45, 7) is 16.2. The van der Waals surface area contributed by atoms with E-state index in [1.807, 2.05) is 20.8 Å². The van der Waals surface area contributed by atoms with Crippen molar-refractivity contribution in [3.8, 4) is 5.95 Å². The van der Waals surface area contributed by atoms with Crippen LogP contribution in [-0.4, -0.2) is 12.9 Å². The number of carbonyl (C=O) groups excluding carboxylic acids is 1. The SMILES string of the molecule is CCC(=O)[C@H](C)/C=C(\C)[C@H]1C(C)=C[C@@]2(C)[C@@H]1[C@]2(C)c1oc(OC)c(C)c(=O)c1C. The van der Waals surface area contributed by atoms with E-state index in [-0.39, 0.29) is 33.9 Å². The van der Waals surface area contributed by atoms with E-state index in [4.69, 9.17) is 9.15 Å². The Morgan fingerprint density at radius 3 is 2.45 bits per heavy atom. The van der Waals surface area contributed by atoms with Gasteiger partial charge in [0.15, 0.2) is 5.43 Å². The van der Waals surface area contributed by atoms with Gasteiger partial charge in [-0.15, -0.1) is 0 Å². The first kappa shape index (κ1) is 21.6. The fraction of sp³-hybridized carbons (Fsp3) is 0.600. The molecular weight excluding hydrogens is 364 g/mol. The van der Waals surface area contributed by atoms with E-state index < -0.39 is 0 Å². The summed E-state index contributed by atoms with van der Waals surface area (Å²) in [5.74, 6) is 1.76. The van der Waals surface area contributed by atoms with Gasteiger partial charge in [0, 0.05) is 34.7 Å². The standard InChI is InChI=1S/C25H34O4/c1-10-18(26)13(2)11-14(3)19-15(4)12-24(7)21(19)25(24,8)22-16(5)20(27)17(6)23(28-9)29-22/h11-13,19,21H,10H2,1-9H3/b14-11+/t13-,19+,21-,24+,25-/m1/s1. The highest BCUT2D eigenvalue weighted by molar-refractivity contribution is 5.82. The third-order valence-corrected chi connectivity index (χ3v) is 7.69. The molecule has 4 heteroatoms. The van der Waals surface area contributed by atoms with Crippen molar-refractivity contribution in [3.05, 3.63) is 50.4 Å². The Kier molecular flexibility index (Phi) is 5.21. The summed E-state index contributed by atoms with van der Waals surface area (Å²) >= 11 is 0. The lowest BCUT2D eigenvalue weighted by Gasteiger charge is -2.24. The Morgan fingerprint density at radius 1 is 1.28 bits per heavy atom. The van der Waals surface area contributed by atoms with E-state index in [1.165, 1.54) is 18.3 Å². The van der Waals surface area contributed by atoms with Crippen molar-refractivity contribution in [1.29, 1.82) is 0 Å². The molecule has 3 rings (SSSR count). The number of ether oxygens (including phenoxy) is 1. The average molecular weight is 399 g/mol. The van der Waals surface area contributed by atoms with Crippen molar-refractivity contribution in [1.82, 2.24) is 0 Å². The molecule has 1 heterocycles. The predicted octanol–water partition coefficient (Wildman–Crippen LogP) is 5.30. The Labute approximate surface area is 174 Å². The van der Waals surface area contributed by atoms with Crippen molar-refractivity contribution in [2.75, 3.05) is 7.11 Å². The van der Waals surface area contributed by atoms with Gasteiger partial charge in [0.2, 0.25) is 0 Å². The number of rotatable bonds is 6. The molecule has 0 saturated heterocycles. The summed E-state index contributed by atoms with van der Waals surface area (Å²) in [6, 6.07) is 0. The number of hydrogen-bond acceptors (Lipinski definition) is 4. The van der Waals surface area contributed by atoms with E-state index in [0.29, 0.717) is 29.4 Å². The van der Waals surface area contributed by atoms with Gasteiger partial charge in [-0.1, -0.05) is 51.0 Å². The van der Waals surface area contributed by atoms with Crippen LogP contribution in [0.15, 0.2) is 32.5 Å². The smallest absolute Gasteiger partial charge is 0.291 e. The van der Waals surface area contributed by atoms with Crippen LogP contribution >= 0.6 is 0 Å². The minimum Gasteiger partial charge on any atom is -0.468 e. The number of fused-ring (bicyclic) bond motifs is 1. The van der Waals surface area contributed by atoms with Gasteiger partial charge in [-0.2, -0.15) is 0 Å². The lowest BCUT2D eigenvalue weighted by atomic mass is 9.81. The van der Waals surface area contributed by atoms with Gasteiger partial charge in [0.05, 0.1) is 12.7 Å². The fourth-order valence-corrected chi connectivity index (χ4v) is 5.95. The Morgan fingerprint density at radius 2 is 1.90 bits per heavy atom. The number of hydrogen-bond donors (Lipinski definition) is 0. The highest BCUT2D eigenvalue weighted by Gasteiger charge is 2.77. The number of allylic oxidation sites excluding steroid dienone is 4. The van der Waals surface area contributed by atoms with Crippen LogP contribution < -0.4 is 10.2 Å². The summed E-state index contributed by atoms with van der Waals surface area (Å²) in [7, 11) is 1.54. The minimum absolute atomic E-state index is 0.00965. The maximum absolute atomic E-state index is 12.8. The van der Waals surface area contributed by atoms with Gasteiger partial charge in [0.1, 0.15) is 11.5 Å². The molecule has 0 aromatic carbocycles. The van der Waals surface area contributed by atoms with Gasteiger partial charge >= 0.3 is 0 Å². The molecule has 1 fully saturated rings. The Bertz CT molecular complexity index is 979. The molecule has 0 bridgehead atoms.